The number of ether oxygens (including phenoxy) is 2. The summed E-state index contributed by atoms with van der Waals surface area (Å²) in [6, 6.07) is 11.0. The van der Waals surface area contributed by atoms with Gasteiger partial charge in [-0.25, -0.2) is 4.79 Å². The molecule has 2 heterocycles. The first-order valence-electron chi connectivity index (χ1n) is 11.8. The van der Waals surface area contributed by atoms with Crippen molar-refractivity contribution in [2.24, 2.45) is 0 Å². The van der Waals surface area contributed by atoms with Gasteiger partial charge in [-0.05, 0) is 37.8 Å². The van der Waals surface area contributed by atoms with Crippen LogP contribution in [0.3, 0.4) is 0 Å². The molecule has 1 saturated heterocycles. The highest BCUT2D eigenvalue weighted by Gasteiger charge is 2.39. The van der Waals surface area contributed by atoms with Crippen molar-refractivity contribution in [2.45, 2.75) is 50.9 Å². The van der Waals surface area contributed by atoms with Gasteiger partial charge in [0.15, 0.2) is 18.2 Å². The topological polar surface area (TPSA) is 126 Å². The van der Waals surface area contributed by atoms with E-state index in [0.717, 1.165) is 18.4 Å². The Bertz CT molecular complexity index is 1080. The van der Waals surface area contributed by atoms with Crippen LogP contribution in [-0.2, 0) is 25.8 Å². The third-order valence-corrected chi connectivity index (χ3v) is 6.22. The van der Waals surface area contributed by atoms with Gasteiger partial charge >= 0.3 is 12.1 Å². The van der Waals surface area contributed by atoms with Gasteiger partial charge in [0.2, 0.25) is 0 Å². The summed E-state index contributed by atoms with van der Waals surface area (Å²) >= 11 is 0. The molecule has 1 fully saturated rings. The molecule has 0 radical (unpaired) electrons. The first-order chi connectivity index (χ1) is 17.3. The Hall–Kier alpha value is -3.79. The fraction of sp³-hybridized carbons (Fsp3) is 0.423. The average Bonchev–Trinajstić information content (AvgIpc) is 2.91. The first kappa shape index (κ1) is 26.8. The molecule has 10 nitrogen and oxygen atoms in total. The summed E-state index contributed by atoms with van der Waals surface area (Å²) in [5, 5.41) is 11.7. The van der Waals surface area contributed by atoms with Crippen molar-refractivity contribution >= 4 is 23.8 Å². The predicted octanol–water partition coefficient (Wildman–Crippen LogP) is 1.56. The lowest BCUT2D eigenvalue weighted by Gasteiger charge is -2.38. The van der Waals surface area contributed by atoms with Crippen LogP contribution in [0.15, 0.2) is 54.9 Å². The van der Waals surface area contributed by atoms with E-state index in [0.29, 0.717) is 13.0 Å². The van der Waals surface area contributed by atoms with Gasteiger partial charge in [-0.1, -0.05) is 30.3 Å². The van der Waals surface area contributed by atoms with E-state index in [9.17, 15) is 24.3 Å². The summed E-state index contributed by atoms with van der Waals surface area (Å²) in [4.78, 5) is 51.3. The Morgan fingerprint density at radius 1 is 1.14 bits per heavy atom. The van der Waals surface area contributed by atoms with Gasteiger partial charge in [0.1, 0.15) is 17.5 Å². The lowest BCUT2D eigenvalue weighted by atomic mass is 9.85. The average molecular weight is 499 g/mol. The van der Waals surface area contributed by atoms with Crippen molar-refractivity contribution < 1.29 is 38.3 Å². The number of hydrogen-bond donors (Lipinski definition) is 2. The number of ketones is 1. The van der Waals surface area contributed by atoms with Crippen LogP contribution in [0.4, 0.5) is 4.79 Å². The second-order valence-corrected chi connectivity index (χ2v) is 8.63. The molecule has 10 heteroatoms. The summed E-state index contributed by atoms with van der Waals surface area (Å²) in [6.45, 7) is 1.07. The van der Waals surface area contributed by atoms with Crippen LogP contribution < -0.4 is 9.88 Å². The molecule has 2 N–H and O–H groups in total. The Balaban J connectivity index is 1.71. The van der Waals surface area contributed by atoms with E-state index in [2.05, 4.69) is 5.32 Å². The second-order valence-electron chi connectivity index (χ2n) is 8.63. The van der Waals surface area contributed by atoms with E-state index in [-0.39, 0.29) is 18.1 Å². The lowest BCUT2D eigenvalue weighted by molar-refractivity contribution is -0.727. The molecule has 0 saturated carbocycles. The molecule has 36 heavy (non-hydrogen) atoms. The van der Waals surface area contributed by atoms with Crippen molar-refractivity contribution in [3.63, 3.8) is 0 Å². The number of rotatable bonds is 9. The smallest absolute Gasteiger partial charge is 0.414 e. The number of nitrogens with one attached hydrogen (secondary N) is 1. The Labute approximate surface area is 209 Å². The number of carbonyl (C=O) groups excluding carboxylic acids is 4. The summed E-state index contributed by atoms with van der Waals surface area (Å²) in [5.41, 5.74) is 1.01. The number of aromatic nitrogens is 1. The van der Waals surface area contributed by atoms with Gasteiger partial charge in [0, 0.05) is 12.6 Å². The number of hydrogen-bond acceptors (Lipinski definition) is 7. The molecule has 192 valence electrons. The molecule has 0 bridgehead atoms. The monoisotopic (exact) mass is 498 g/mol. The first-order valence-corrected chi connectivity index (χ1v) is 11.8. The number of esters is 1. The lowest BCUT2D eigenvalue weighted by Crippen LogP contribution is -2.50. The third-order valence-electron chi connectivity index (χ3n) is 6.22. The Kier molecular flexibility index (Phi) is 9.52. The number of Topliss-reactive ketones (excluding diaryl/α,β-unsaturated/α-hetero) is 1. The van der Waals surface area contributed by atoms with Gasteiger partial charge < -0.3 is 24.8 Å². The van der Waals surface area contributed by atoms with Crippen molar-refractivity contribution in [2.75, 3.05) is 20.3 Å². The minimum absolute atomic E-state index is 0.159. The minimum Gasteiger partial charge on any atom is -0.468 e. The van der Waals surface area contributed by atoms with Crippen LogP contribution in [0.25, 0.3) is 0 Å². The van der Waals surface area contributed by atoms with Gasteiger partial charge in [-0.3, -0.25) is 14.4 Å². The number of pyridine rings is 1. The number of nitrogens with zero attached hydrogens (tertiary/aromatic N) is 2. The molecular weight excluding hydrogens is 466 g/mol. The van der Waals surface area contributed by atoms with Crippen LogP contribution in [0.2, 0.25) is 0 Å². The molecule has 0 spiro atoms. The predicted molar refractivity (Wildman–Crippen MR) is 128 cm³/mol. The van der Waals surface area contributed by atoms with Crippen molar-refractivity contribution in [3.05, 3.63) is 66.0 Å². The van der Waals surface area contributed by atoms with Crippen molar-refractivity contribution in [1.29, 1.82) is 0 Å². The third kappa shape index (κ3) is 6.66. The summed E-state index contributed by atoms with van der Waals surface area (Å²) in [5.74, 6) is -1.94. The summed E-state index contributed by atoms with van der Waals surface area (Å²) in [7, 11) is 1.34. The van der Waals surface area contributed by atoms with Crippen LogP contribution in [-0.4, -0.2) is 66.1 Å². The molecular formula is C26H32N3O7+. The molecule has 1 aromatic carbocycles. The van der Waals surface area contributed by atoms with Gasteiger partial charge in [0.05, 0.1) is 19.8 Å². The summed E-state index contributed by atoms with van der Waals surface area (Å²) < 4.78 is 12.1. The number of carbonyl (C=O) groups is 4. The highest BCUT2D eigenvalue weighted by molar-refractivity contribution is 5.97. The molecule has 0 aliphatic carbocycles. The molecule has 1 aromatic heterocycles. The van der Waals surface area contributed by atoms with E-state index in [1.807, 2.05) is 30.3 Å². The van der Waals surface area contributed by atoms with Gasteiger partial charge in [-0.15, -0.1) is 0 Å². The number of amides is 2. The van der Waals surface area contributed by atoms with E-state index in [1.54, 1.807) is 23.2 Å². The standard InChI is InChI=1S/C26H31N3O7/c1-18(31)21(16-30)27-24(32)20-11-8-13-28(15-20)17-36-26(34)29-14-7-6-12-22(29)23(25(33)35-2)19-9-4-3-5-10-19/h3-5,8-11,13,15,21-23,30H,6-7,12,14,16-17H2,1-2H3/p+1/t21-,22+,23+/m0/s1. The minimum atomic E-state index is -0.993. The van der Waals surface area contributed by atoms with E-state index < -0.39 is 42.6 Å². The van der Waals surface area contributed by atoms with Crippen LogP contribution >= 0.6 is 0 Å². The largest absolute Gasteiger partial charge is 0.468 e. The zero-order chi connectivity index (χ0) is 26.1. The van der Waals surface area contributed by atoms with Gasteiger partial charge in [-0.2, -0.15) is 4.57 Å². The van der Waals surface area contributed by atoms with E-state index in [4.69, 9.17) is 9.47 Å². The Morgan fingerprint density at radius 2 is 1.89 bits per heavy atom. The molecule has 2 aromatic rings. The van der Waals surface area contributed by atoms with Crippen LogP contribution in [0.5, 0.6) is 0 Å². The number of likely N-dealkylation sites (tertiary alicyclic amines) is 1. The quantitative estimate of drug-likeness (QED) is 0.397. The number of aliphatic hydroxyl groups is 1. The highest BCUT2D eigenvalue weighted by atomic mass is 16.6. The fourth-order valence-electron chi connectivity index (χ4n) is 4.30. The normalized spacial score (nSPS) is 17.0. The number of piperidine rings is 1. The summed E-state index contributed by atoms with van der Waals surface area (Å²) in [6.07, 6.45) is 4.84. The zero-order valence-corrected chi connectivity index (χ0v) is 20.5. The molecule has 2 amide bonds. The number of aliphatic hydroxyl groups excluding tert-OH is 1. The number of benzene rings is 1. The van der Waals surface area contributed by atoms with Crippen LogP contribution in [0, 0.1) is 0 Å². The zero-order valence-electron chi connectivity index (χ0n) is 20.5. The van der Waals surface area contributed by atoms with Crippen molar-refractivity contribution in [3.8, 4) is 0 Å². The van der Waals surface area contributed by atoms with Gasteiger partial charge in [0.25, 0.3) is 12.6 Å². The molecule has 3 rings (SSSR count). The van der Waals surface area contributed by atoms with E-state index in [1.165, 1.54) is 24.8 Å². The number of methoxy groups -OCH3 is 1. The maximum atomic E-state index is 13.1. The Morgan fingerprint density at radius 3 is 2.56 bits per heavy atom. The maximum absolute atomic E-state index is 13.1. The highest BCUT2D eigenvalue weighted by Crippen LogP contribution is 2.32. The molecule has 0 unspecified atom stereocenters. The molecule has 1 aliphatic rings. The SMILES string of the molecule is COC(=O)[C@H](c1ccccc1)[C@H]1CCCCN1C(=O)OC[n+]1cccc(C(=O)N[C@@H](CO)C(C)=O)c1. The van der Waals surface area contributed by atoms with Crippen molar-refractivity contribution in [1.82, 2.24) is 10.2 Å². The van der Waals surface area contributed by atoms with Crippen LogP contribution in [0.1, 0.15) is 48.0 Å². The van der Waals surface area contributed by atoms with E-state index >= 15 is 0 Å². The maximum Gasteiger partial charge on any atom is 0.414 e. The fourth-order valence-corrected chi connectivity index (χ4v) is 4.30. The molecule has 1 aliphatic heterocycles. The second kappa shape index (κ2) is 12.8. The molecule has 3 atom stereocenters.